The van der Waals surface area contributed by atoms with Gasteiger partial charge in [-0.05, 0) is 45.4 Å². The van der Waals surface area contributed by atoms with E-state index in [-0.39, 0.29) is 32.5 Å². The van der Waals surface area contributed by atoms with Crippen LogP contribution in [-0.2, 0) is 23.9 Å². The molecule has 1 aliphatic carbocycles. The maximum Gasteiger partial charge on any atom is 0.323 e. The van der Waals surface area contributed by atoms with Gasteiger partial charge in [0.05, 0.1) is 13.2 Å². The van der Waals surface area contributed by atoms with Crippen LogP contribution in [0.25, 0.3) is 0 Å². The summed E-state index contributed by atoms with van der Waals surface area (Å²) >= 11 is 0. The van der Waals surface area contributed by atoms with Crippen LogP contribution < -0.4 is 0 Å². The van der Waals surface area contributed by atoms with E-state index in [0.717, 1.165) is 12.8 Å². The third-order valence-corrected chi connectivity index (χ3v) is 3.52. The van der Waals surface area contributed by atoms with Gasteiger partial charge in [0.1, 0.15) is 6.29 Å². The number of carbonyl (C=O) groups excluding carboxylic acids is 3. The Bertz CT molecular complexity index is 377. The maximum atomic E-state index is 12.3. The van der Waals surface area contributed by atoms with E-state index in [9.17, 15) is 14.4 Å². The van der Waals surface area contributed by atoms with Crippen molar-refractivity contribution in [1.29, 1.82) is 0 Å². The molecule has 21 heavy (non-hydrogen) atoms. The maximum absolute atomic E-state index is 12.3. The molecule has 5 heteroatoms. The van der Waals surface area contributed by atoms with Gasteiger partial charge in [-0.15, -0.1) is 0 Å². The first-order valence-electron chi connectivity index (χ1n) is 7.55. The van der Waals surface area contributed by atoms with Crippen LogP contribution in [0.1, 0.15) is 46.0 Å². The van der Waals surface area contributed by atoms with Crippen LogP contribution in [0.3, 0.4) is 0 Å². The Morgan fingerprint density at radius 2 is 1.71 bits per heavy atom. The molecule has 1 fully saturated rings. The number of esters is 2. The molecule has 0 amide bonds. The molecule has 118 valence electrons. The lowest BCUT2D eigenvalue weighted by atomic mass is 9.79. The van der Waals surface area contributed by atoms with Gasteiger partial charge in [0.25, 0.3) is 0 Å². The summed E-state index contributed by atoms with van der Waals surface area (Å²) < 4.78 is 10.1. The Balaban J connectivity index is 2.94. The molecule has 0 heterocycles. The van der Waals surface area contributed by atoms with Gasteiger partial charge >= 0.3 is 11.9 Å². The predicted molar refractivity (Wildman–Crippen MR) is 77.5 cm³/mol. The molecule has 1 saturated carbocycles. The van der Waals surface area contributed by atoms with Crippen molar-refractivity contribution in [2.45, 2.75) is 46.0 Å². The van der Waals surface area contributed by atoms with E-state index in [0.29, 0.717) is 12.2 Å². The van der Waals surface area contributed by atoms with Crippen molar-refractivity contribution in [3.05, 3.63) is 12.2 Å². The monoisotopic (exact) mass is 296 g/mol. The number of rotatable bonds is 10. The number of allylic oxidation sites excluding steroid dienone is 2. The molecule has 0 aromatic heterocycles. The Kier molecular flexibility index (Phi) is 7.12. The van der Waals surface area contributed by atoms with Crippen molar-refractivity contribution in [2.24, 2.45) is 11.3 Å². The number of carbonyl (C=O) groups is 3. The lowest BCUT2D eigenvalue weighted by Gasteiger charge is -2.27. The normalized spacial score (nSPS) is 15.0. The third kappa shape index (κ3) is 4.99. The smallest absolute Gasteiger partial charge is 0.323 e. The van der Waals surface area contributed by atoms with Crippen LogP contribution in [0, 0.1) is 11.3 Å². The second kappa shape index (κ2) is 8.60. The Morgan fingerprint density at radius 1 is 1.14 bits per heavy atom. The summed E-state index contributed by atoms with van der Waals surface area (Å²) in [5.41, 5.74) is -1.40. The van der Waals surface area contributed by atoms with E-state index in [2.05, 4.69) is 0 Å². The van der Waals surface area contributed by atoms with Crippen molar-refractivity contribution < 1.29 is 23.9 Å². The topological polar surface area (TPSA) is 69.7 Å². The fraction of sp³-hybridized carbons (Fsp3) is 0.688. The predicted octanol–water partition coefficient (Wildman–Crippen LogP) is 2.43. The average Bonchev–Trinajstić information content (AvgIpc) is 3.27. The number of ether oxygens (including phenoxy) is 2. The lowest BCUT2D eigenvalue weighted by molar-refractivity contribution is -0.172. The molecular weight excluding hydrogens is 272 g/mol. The summed E-state index contributed by atoms with van der Waals surface area (Å²) in [5.74, 6) is -0.658. The van der Waals surface area contributed by atoms with Crippen LogP contribution in [-0.4, -0.2) is 31.4 Å². The molecule has 5 nitrogen and oxygen atoms in total. The molecule has 0 aromatic carbocycles. The van der Waals surface area contributed by atoms with E-state index >= 15 is 0 Å². The number of aldehydes is 1. The highest BCUT2D eigenvalue weighted by Gasteiger charge is 2.47. The van der Waals surface area contributed by atoms with E-state index in [1.54, 1.807) is 13.8 Å². The molecule has 1 rings (SSSR count). The Hall–Kier alpha value is -1.65. The summed E-state index contributed by atoms with van der Waals surface area (Å²) in [5, 5.41) is 0. The molecule has 0 saturated heterocycles. The van der Waals surface area contributed by atoms with E-state index < -0.39 is 17.4 Å². The van der Waals surface area contributed by atoms with Crippen LogP contribution in [0.15, 0.2) is 12.2 Å². The van der Waals surface area contributed by atoms with Gasteiger partial charge in [-0.2, -0.15) is 0 Å². The minimum absolute atomic E-state index is 0.114. The SMILES string of the molecule is CCOC(=O)C(C/C=C/C1CC1)(CCC=O)C(=O)OCC. The molecule has 0 bridgehead atoms. The van der Waals surface area contributed by atoms with Crippen molar-refractivity contribution in [1.82, 2.24) is 0 Å². The summed E-state index contributed by atoms with van der Waals surface area (Å²) in [6.07, 6.45) is 7.32. The zero-order chi connectivity index (χ0) is 15.7. The van der Waals surface area contributed by atoms with Gasteiger partial charge in [0.15, 0.2) is 5.41 Å². The minimum atomic E-state index is -1.40. The second-order valence-electron chi connectivity index (χ2n) is 5.20. The van der Waals surface area contributed by atoms with Crippen LogP contribution >= 0.6 is 0 Å². The first-order chi connectivity index (χ1) is 10.1. The van der Waals surface area contributed by atoms with E-state index in [1.165, 1.54) is 0 Å². The van der Waals surface area contributed by atoms with Crippen LogP contribution in [0.4, 0.5) is 0 Å². The fourth-order valence-corrected chi connectivity index (χ4v) is 2.15. The van der Waals surface area contributed by atoms with Crippen molar-refractivity contribution in [3.8, 4) is 0 Å². The van der Waals surface area contributed by atoms with E-state index in [1.807, 2.05) is 12.2 Å². The highest BCUT2D eigenvalue weighted by atomic mass is 16.6. The molecular formula is C16H24O5. The molecule has 0 unspecified atom stereocenters. The zero-order valence-electron chi connectivity index (χ0n) is 12.8. The molecule has 0 radical (unpaired) electrons. The van der Waals surface area contributed by atoms with Gasteiger partial charge in [-0.1, -0.05) is 12.2 Å². The Morgan fingerprint density at radius 3 is 2.14 bits per heavy atom. The summed E-state index contributed by atoms with van der Waals surface area (Å²) in [6, 6.07) is 0. The molecule has 0 aliphatic heterocycles. The second-order valence-corrected chi connectivity index (χ2v) is 5.20. The largest absolute Gasteiger partial charge is 0.465 e. The summed E-state index contributed by atoms with van der Waals surface area (Å²) in [6.45, 7) is 3.75. The van der Waals surface area contributed by atoms with Crippen LogP contribution in [0.5, 0.6) is 0 Å². The summed E-state index contributed by atoms with van der Waals surface area (Å²) in [4.78, 5) is 35.3. The highest BCUT2D eigenvalue weighted by molar-refractivity contribution is 6.00. The van der Waals surface area contributed by atoms with E-state index in [4.69, 9.17) is 9.47 Å². The molecule has 0 atom stereocenters. The van der Waals surface area contributed by atoms with Crippen molar-refractivity contribution >= 4 is 18.2 Å². The van der Waals surface area contributed by atoms with Gasteiger partial charge in [-0.25, -0.2) is 0 Å². The molecule has 0 aromatic rings. The van der Waals surface area contributed by atoms with Crippen molar-refractivity contribution in [3.63, 3.8) is 0 Å². The number of hydrogen-bond donors (Lipinski definition) is 0. The first-order valence-corrected chi connectivity index (χ1v) is 7.55. The Labute approximate surface area is 125 Å². The van der Waals surface area contributed by atoms with Gasteiger partial charge < -0.3 is 14.3 Å². The quantitative estimate of drug-likeness (QED) is 0.268. The van der Waals surface area contributed by atoms with Gasteiger partial charge in [0, 0.05) is 6.42 Å². The van der Waals surface area contributed by atoms with Crippen molar-refractivity contribution in [2.75, 3.05) is 13.2 Å². The molecule has 0 N–H and O–H groups in total. The lowest BCUT2D eigenvalue weighted by Crippen LogP contribution is -2.42. The minimum Gasteiger partial charge on any atom is -0.465 e. The standard InChI is InChI=1S/C16H24O5/c1-3-20-14(18)16(11-6-12-17,15(19)21-4-2)10-5-7-13-8-9-13/h5,7,12-13H,3-4,6,8-11H2,1-2H3/b7-5+. The summed E-state index contributed by atoms with van der Waals surface area (Å²) in [7, 11) is 0. The average molecular weight is 296 g/mol. The highest BCUT2D eigenvalue weighted by Crippen LogP contribution is 2.35. The first kappa shape index (κ1) is 17.4. The van der Waals surface area contributed by atoms with Crippen LogP contribution in [0.2, 0.25) is 0 Å². The third-order valence-electron chi connectivity index (χ3n) is 3.52. The fourth-order valence-electron chi connectivity index (χ4n) is 2.15. The number of hydrogen-bond acceptors (Lipinski definition) is 5. The van der Waals surface area contributed by atoms with Gasteiger partial charge in [-0.3, -0.25) is 9.59 Å². The zero-order valence-corrected chi connectivity index (χ0v) is 12.8. The molecule has 0 spiro atoms. The molecule has 1 aliphatic rings. The van der Waals surface area contributed by atoms with Gasteiger partial charge in [0.2, 0.25) is 0 Å².